The lowest BCUT2D eigenvalue weighted by molar-refractivity contribution is -0.167. The summed E-state index contributed by atoms with van der Waals surface area (Å²) in [5.74, 6) is -0.877. The van der Waals surface area contributed by atoms with Crippen LogP contribution in [-0.2, 0) is 28.6 Å². The zero-order valence-electron chi connectivity index (χ0n) is 40.0. The van der Waals surface area contributed by atoms with Crippen molar-refractivity contribution in [2.75, 3.05) is 13.2 Å². The summed E-state index contributed by atoms with van der Waals surface area (Å²) >= 11 is 0. The van der Waals surface area contributed by atoms with Crippen LogP contribution in [0.25, 0.3) is 0 Å². The molecule has 60 heavy (non-hydrogen) atoms. The van der Waals surface area contributed by atoms with Crippen molar-refractivity contribution >= 4 is 17.9 Å². The van der Waals surface area contributed by atoms with Gasteiger partial charge < -0.3 is 14.2 Å². The van der Waals surface area contributed by atoms with Crippen molar-refractivity contribution in [1.82, 2.24) is 0 Å². The molecule has 350 valence electrons. The van der Waals surface area contributed by atoms with Crippen LogP contribution in [0.2, 0.25) is 0 Å². The number of carbonyl (C=O) groups is 3. The van der Waals surface area contributed by atoms with E-state index in [1.54, 1.807) is 0 Å². The fraction of sp³-hybridized carbons (Fsp3) is 0.833. The van der Waals surface area contributed by atoms with Gasteiger partial charge >= 0.3 is 17.9 Å². The summed E-state index contributed by atoms with van der Waals surface area (Å²) in [4.78, 5) is 37.9. The molecule has 1 atom stereocenters. The number of allylic oxidation sites excluding steroid dienone is 6. The highest BCUT2D eigenvalue weighted by atomic mass is 16.6. The van der Waals surface area contributed by atoms with Crippen LogP contribution in [-0.4, -0.2) is 37.2 Å². The minimum atomic E-state index is -0.771. The summed E-state index contributed by atoms with van der Waals surface area (Å²) in [6, 6.07) is 0. The van der Waals surface area contributed by atoms with Crippen molar-refractivity contribution in [1.29, 1.82) is 0 Å². The first-order valence-corrected chi connectivity index (χ1v) is 26.0. The smallest absolute Gasteiger partial charge is 0.306 e. The molecule has 0 aromatic heterocycles. The number of ether oxygens (including phenoxy) is 3. The Bertz CT molecular complexity index is 1020. The van der Waals surface area contributed by atoms with Crippen LogP contribution in [0.15, 0.2) is 36.5 Å². The Morgan fingerprint density at radius 2 is 0.600 bits per heavy atom. The van der Waals surface area contributed by atoms with Gasteiger partial charge in [-0.15, -0.1) is 0 Å². The number of rotatable bonds is 47. The maximum absolute atomic E-state index is 12.8. The Morgan fingerprint density at radius 1 is 0.333 bits per heavy atom. The number of esters is 3. The molecule has 0 aliphatic carbocycles. The van der Waals surface area contributed by atoms with Crippen molar-refractivity contribution < 1.29 is 28.6 Å². The number of hydrogen-bond donors (Lipinski definition) is 0. The van der Waals surface area contributed by atoms with Crippen LogP contribution in [0.1, 0.15) is 271 Å². The molecule has 0 aromatic rings. The lowest BCUT2D eigenvalue weighted by Crippen LogP contribution is -2.30. The molecule has 0 aromatic carbocycles. The van der Waals surface area contributed by atoms with Crippen LogP contribution < -0.4 is 0 Å². The molecule has 0 heterocycles. The van der Waals surface area contributed by atoms with Crippen molar-refractivity contribution in [2.24, 2.45) is 0 Å². The van der Waals surface area contributed by atoms with E-state index in [0.717, 1.165) is 77.0 Å². The Morgan fingerprint density at radius 3 is 0.967 bits per heavy atom. The highest BCUT2D eigenvalue weighted by molar-refractivity contribution is 5.71. The Labute approximate surface area is 372 Å². The van der Waals surface area contributed by atoms with E-state index in [2.05, 4.69) is 57.2 Å². The highest BCUT2D eigenvalue weighted by Crippen LogP contribution is 2.15. The monoisotopic (exact) mass is 843 g/mol. The molecule has 0 saturated carbocycles. The molecule has 0 bridgehead atoms. The highest BCUT2D eigenvalue weighted by Gasteiger charge is 2.19. The molecule has 0 aliphatic rings. The minimum absolute atomic E-state index is 0.0727. The first-order chi connectivity index (χ1) is 29.5. The van der Waals surface area contributed by atoms with E-state index in [-0.39, 0.29) is 31.1 Å². The van der Waals surface area contributed by atoms with Gasteiger partial charge in [-0.25, -0.2) is 0 Å². The second kappa shape index (κ2) is 49.3. The fourth-order valence-electron chi connectivity index (χ4n) is 7.45. The summed E-state index contributed by atoms with van der Waals surface area (Å²) in [6.07, 6.45) is 57.0. The van der Waals surface area contributed by atoms with Crippen molar-refractivity contribution in [3.05, 3.63) is 36.5 Å². The van der Waals surface area contributed by atoms with E-state index in [4.69, 9.17) is 14.2 Å². The Kier molecular flexibility index (Phi) is 47.3. The topological polar surface area (TPSA) is 78.9 Å². The Balaban J connectivity index is 4.30. The second-order valence-corrected chi connectivity index (χ2v) is 17.4. The number of unbranched alkanes of at least 4 members (excludes halogenated alkanes) is 30. The van der Waals surface area contributed by atoms with E-state index >= 15 is 0 Å². The second-order valence-electron chi connectivity index (χ2n) is 17.4. The van der Waals surface area contributed by atoms with Crippen LogP contribution in [0.4, 0.5) is 0 Å². The number of carbonyl (C=O) groups excluding carboxylic acids is 3. The zero-order chi connectivity index (χ0) is 43.7. The quantitative estimate of drug-likeness (QED) is 0.0263. The largest absolute Gasteiger partial charge is 0.462 e. The van der Waals surface area contributed by atoms with Gasteiger partial charge in [0.05, 0.1) is 0 Å². The molecular weight excluding hydrogens is 745 g/mol. The maximum atomic E-state index is 12.8. The third-order valence-electron chi connectivity index (χ3n) is 11.4. The average molecular weight is 843 g/mol. The van der Waals surface area contributed by atoms with Crippen molar-refractivity contribution in [2.45, 2.75) is 277 Å². The van der Waals surface area contributed by atoms with E-state index in [0.29, 0.717) is 19.3 Å². The first-order valence-electron chi connectivity index (χ1n) is 26.0. The summed E-state index contributed by atoms with van der Waals surface area (Å²) in [6.45, 7) is 6.60. The Hall–Kier alpha value is -2.37. The maximum Gasteiger partial charge on any atom is 0.306 e. The molecule has 6 heteroatoms. The van der Waals surface area contributed by atoms with E-state index in [1.807, 2.05) is 0 Å². The summed E-state index contributed by atoms with van der Waals surface area (Å²) in [5, 5.41) is 0. The van der Waals surface area contributed by atoms with Gasteiger partial charge in [0.25, 0.3) is 0 Å². The van der Waals surface area contributed by atoms with E-state index in [1.165, 1.54) is 154 Å². The zero-order valence-corrected chi connectivity index (χ0v) is 40.0. The van der Waals surface area contributed by atoms with Gasteiger partial charge in [-0.05, 0) is 57.8 Å². The average Bonchev–Trinajstić information content (AvgIpc) is 3.24. The minimum Gasteiger partial charge on any atom is -0.462 e. The molecule has 0 saturated heterocycles. The van der Waals surface area contributed by atoms with Crippen LogP contribution in [0.5, 0.6) is 0 Å². The van der Waals surface area contributed by atoms with E-state index < -0.39 is 6.10 Å². The molecule has 0 N–H and O–H groups in total. The standard InChI is InChI=1S/C54H98O6/c1-4-7-10-13-16-19-21-23-25-26-27-28-29-31-32-35-38-41-44-47-53(56)59-50-51(49-58-52(55)46-43-40-37-34-18-15-12-9-6-3)60-54(57)48-45-42-39-36-33-30-24-22-20-17-14-11-8-5-2/h16,19,23,25,27-28,51H,4-15,17-18,20-22,24,26,29-50H2,1-3H3/b19-16-,25-23-,28-27-/t51-/m1/s1. The molecule has 0 amide bonds. The lowest BCUT2D eigenvalue weighted by atomic mass is 10.0. The first kappa shape index (κ1) is 57.6. The van der Waals surface area contributed by atoms with E-state index in [9.17, 15) is 14.4 Å². The van der Waals surface area contributed by atoms with Gasteiger partial charge in [0.1, 0.15) is 13.2 Å². The molecule has 0 unspecified atom stereocenters. The predicted octanol–water partition coefficient (Wildman–Crippen LogP) is 16.9. The van der Waals surface area contributed by atoms with Crippen LogP contribution in [0.3, 0.4) is 0 Å². The molecule has 0 rings (SSSR count). The summed E-state index contributed by atoms with van der Waals surface area (Å²) in [5.41, 5.74) is 0. The molecular formula is C54H98O6. The van der Waals surface area contributed by atoms with Crippen LogP contribution in [0, 0.1) is 0 Å². The third kappa shape index (κ3) is 46.7. The van der Waals surface area contributed by atoms with Gasteiger partial charge in [-0.2, -0.15) is 0 Å². The van der Waals surface area contributed by atoms with Crippen LogP contribution >= 0.6 is 0 Å². The lowest BCUT2D eigenvalue weighted by Gasteiger charge is -2.18. The van der Waals surface area contributed by atoms with Gasteiger partial charge in [0.15, 0.2) is 6.10 Å². The molecule has 6 nitrogen and oxygen atoms in total. The predicted molar refractivity (Wildman–Crippen MR) is 256 cm³/mol. The molecule has 0 spiro atoms. The molecule has 0 radical (unpaired) electrons. The fourth-order valence-corrected chi connectivity index (χ4v) is 7.45. The normalized spacial score (nSPS) is 12.2. The van der Waals surface area contributed by atoms with Gasteiger partial charge in [-0.1, -0.05) is 231 Å². The van der Waals surface area contributed by atoms with Crippen molar-refractivity contribution in [3.63, 3.8) is 0 Å². The molecule has 0 aliphatic heterocycles. The summed E-state index contributed by atoms with van der Waals surface area (Å²) in [7, 11) is 0. The van der Waals surface area contributed by atoms with Gasteiger partial charge in [0.2, 0.25) is 0 Å². The third-order valence-corrected chi connectivity index (χ3v) is 11.4. The van der Waals surface area contributed by atoms with Crippen molar-refractivity contribution in [3.8, 4) is 0 Å². The van der Waals surface area contributed by atoms with Gasteiger partial charge in [0, 0.05) is 19.3 Å². The number of hydrogen-bond acceptors (Lipinski definition) is 6. The summed E-state index contributed by atoms with van der Waals surface area (Å²) < 4.78 is 16.8. The SMILES string of the molecule is CCCCC/C=C\C/C=C\C/C=C\CCCCCCCCC(=O)OC[C@@H](COC(=O)CCCCCCCCCCC)OC(=O)CCCCCCCCCCCCCCCC. The molecule has 0 fully saturated rings. The van der Waals surface area contributed by atoms with Gasteiger partial charge in [-0.3, -0.25) is 14.4 Å².